The summed E-state index contributed by atoms with van der Waals surface area (Å²) in [7, 11) is 1.49. The number of ether oxygens (including phenoxy) is 2. The van der Waals surface area contributed by atoms with Crippen LogP contribution in [0.1, 0.15) is 34.3 Å². The van der Waals surface area contributed by atoms with Gasteiger partial charge in [-0.2, -0.15) is 13.2 Å². The van der Waals surface area contributed by atoms with Gasteiger partial charge in [-0.05, 0) is 48.4 Å². The highest BCUT2D eigenvalue weighted by atomic mass is 19.4. The molecule has 1 atom stereocenters. The van der Waals surface area contributed by atoms with Crippen molar-refractivity contribution in [2.45, 2.75) is 25.6 Å². The van der Waals surface area contributed by atoms with E-state index in [1.54, 1.807) is 48.5 Å². The number of anilines is 2. The second-order valence-electron chi connectivity index (χ2n) is 8.93. The van der Waals surface area contributed by atoms with Crippen LogP contribution in [0.4, 0.5) is 24.5 Å². The fraction of sp³-hybridized carbons (Fsp3) is 0.286. The topological polar surface area (TPSA) is 76.7 Å². The largest absolute Gasteiger partial charge is 0.496 e. The average molecular weight is 513 g/mol. The van der Waals surface area contributed by atoms with Crippen molar-refractivity contribution in [3.63, 3.8) is 0 Å². The van der Waals surface area contributed by atoms with Crippen molar-refractivity contribution in [3.05, 3.63) is 89.5 Å². The third kappa shape index (κ3) is 6.11. The Bertz CT molecular complexity index is 1250. The summed E-state index contributed by atoms with van der Waals surface area (Å²) in [6.45, 7) is 0.719. The van der Waals surface area contributed by atoms with Gasteiger partial charge >= 0.3 is 6.18 Å². The van der Waals surface area contributed by atoms with Crippen LogP contribution in [0.2, 0.25) is 0 Å². The van der Waals surface area contributed by atoms with Crippen molar-refractivity contribution in [1.29, 1.82) is 0 Å². The molecule has 1 fully saturated rings. The van der Waals surface area contributed by atoms with Gasteiger partial charge in [0, 0.05) is 25.3 Å². The Hall–Kier alpha value is -3.85. The van der Waals surface area contributed by atoms with Crippen molar-refractivity contribution in [2.75, 3.05) is 25.6 Å². The zero-order valence-corrected chi connectivity index (χ0v) is 20.2. The molecule has 6 nitrogen and oxygen atoms in total. The molecular weight excluding hydrogens is 485 g/mol. The van der Waals surface area contributed by atoms with Gasteiger partial charge in [0.15, 0.2) is 5.78 Å². The highest BCUT2D eigenvalue weighted by molar-refractivity contribution is 6.02. The van der Waals surface area contributed by atoms with E-state index in [1.165, 1.54) is 25.3 Å². The maximum atomic E-state index is 13.2. The summed E-state index contributed by atoms with van der Waals surface area (Å²) in [6, 6.07) is 18.9. The summed E-state index contributed by atoms with van der Waals surface area (Å²) in [5.74, 6) is -0.0317. The second kappa shape index (κ2) is 11.0. The molecule has 1 saturated heterocycles. The lowest BCUT2D eigenvalue weighted by atomic mass is 9.79. The lowest BCUT2D eigenvalue weighted by Gasteiger charge is -2.26. The molecule has 0 radical (unpaired) electrons. The van der Waals surface area contributed by atoms with Crippen LogP contribution in [0.15, 0.2) is 72.8 Å². The van der Waals surface area contributed by atoms with Crippen LogP contribution in [0.5, 0.6) is 5.75 Å². The van der Waals surface area contributed by atoms with Gasteiger partial charge in [0.05, 0.1) is 35.9 Å². The highest BCUT2D eigenvalue weighted by Gasteiger charge is 2.44. The smallest absolute Gasteiger partial charge is 0.418 e. The van der Waals surface area contributed by atoms with Crippen molar-refractivity contribution >= 4 is 23.1 Å². The minimum atomic E-state index is -4.47. The Labute approximate surface area is 212 Å². The zero-order chi connectivity index (χ0) is 26.5. The van der Waals surface area contributed by atoms with Crippen LogP contribution < -0.4 is 15.4 Å². The molecule has 0 spiro atoms. The monoisotopic (exact) mass is 512 g/mol. The van der Waals surface area contributed by atoms with Crippen LogP contribution in [0.3, 0.4) is 0 Å². The van der Waals surface area contributed by atoms with Crippen molar-refractivity contribution in [2.24, 2.45) is 5.41 Å². The summed E-state index contributed by atoms with van der Waals surface area (Å²) in [5, 5.41) is 5.69. The molecule has 1 aliphatic heterocycles. The average Bonchev–Trinajstić information content (AvgIpc) is 3.37. The lowest BCUT2D eigenvalue weighted by molar-refractivity contribution is -0.137. The number of carbonyl (C=O) groups is 2. The molecule has 1 amide bonds. The number of ketones is 1. The molecule has 37 heavy (non-hydrogen) atoms. The maximum Gasteiger partial charge on any atom is 0.418 e. The molecule has 2 N–H and O–H groups in total. The third-order valence-corrected chi connectivity index (χ3v) is 6.41. The number of nitrogens with one attached hydrogen (secondary N) is 2. The first-order chi connectivity index (χ1) is 17.7. The first-order valence-electron chi connectivity index (χ1n) is 11.8. The first-order valence-corrected chi connectivity index (χ1v) is 11.8. The number of methoxy groups -OCH3 is 1. The number of rotatable bonds is 9. The molecule has 0 bridgehead atoms. The predicted molar refractivity (Wildman–Crippen MR) is 133 cm³/mol. The van der Waals surface area contributed by atoms with E-state index >= 15 is 0 Å². The van der Waals surface area contributed by atoms with E-state index in [9.17, 15) is 22.8 Å². The number of Topliss-reactive ketones (excluding diaryl/α,β-unsaturated/α-hetero) is 1. The molecule has 0 aromatic heterocycles. The minimum absolute atomic E-state index is 0.0132. The van der Waals surface area contributed by atoms with Gasteiger partial charge < -0.3 is 20.1 Å². The van der Waals surface area contributed by atoms with E-state index in [0.717, 1.165) is 11.6 Å². The molecule has 3 aromatic rings. The Kier molecular flexibility index (Phi) is 7.83. The maximum absolute atomic E-state index is 13.2. The van der Waals surface area contributed by atoms with Crippen molar-refractivity contribution in [1.82, 2.24) is 5.32 Å². The highest BCUT2D eigenvalue weighted by Crippen LogP contribution is 2.37. The lowest BCUT2D eigenvalue weighted by Crippen LogP contribution is -2.42. The van der Waals surface area contributed by atoms with Crippen molar-refractivity contribution < 1.29 is 32.2 Å². The van der Waals surface area contributed by atoms with Gasteiger partial charge in [-0.15, -0.1) is 0 Å². The summed E-state index contributed by atoms with van der Waals surface area (Å²) in [5.41, 5.74) is -0.125. The van der Waals surface area contributed by atoms with Crippen molar-refractivity contribution in [3.8, 4) is 5.75 Å². The van der Waals surface area contributed by atoms with Gasteiger partial charge in [-0.1, -0.05) is 36.4 Å². The van der Waals surface area contributed by atoms with Crippen LogP contribution >= 0.6 is 0 Å². The molecule has 0 unspecified atom stereocenters. The van der Waals surface area contributed by atoms with E-state index in [2.05, 4.69) is 10.6 Å². The first kappa shape index (κ1) is 26.2. The number of amides is 1. The molecule has 0 aliphatic carbocycles. The number of halogens is 3. The molecule has 194 valence electrons. The van der Waals surface area contributed by atoms with E-state index in [1.807, 2.05) is 0 Å². The van der Waals surface area contributed by atoms with Crippen LogP contribution in [-0.2, 0) is 22.3 Å². The number of benzene rings is 3. The van der Waals surface area contributed by atoms with Gasteiger partial charge in [-0.3, -0.25) is 9.59 Å². The summed E-state index contributed by atoms with van der Waals surface area (Å²) < 4.78 is 50.5. The number of alkyl halides is 3. The number of carbonyl (C=O) groups excluding carboxylic acids is 2. The van der Waals surface area contributed by atoms with E-state index < -0.39 is 17.2 Å². The summed E-state index contributed by atoms with van der Waals surface area (Å²) >= 11 is 0. The fourth-order valence-electron chi connectivity index (χ4n) is 4.35. The SMILES string of the molecule is COc1ccccc1C(=O)C[C@@]1(C(=O)NCc2ccc(Nc3ccccc3C(F)(F)F)cc2)CCOC1. The van der Waals surface area contributed by atoms with Gasteiger partial charge in [0.1, 0.15) is 5.75 Å². The van der Waals surface area contributed by atoms with Gasteiger partial charge in [0.2, 0.25) is 5.91 Å². The number of hydrogen-bond donors (Lipinski definition) is 2. The Balaban J connectivity index is 1.40. The molecule has 0 saturated carbocycles. The van der Waals surface area contributed by atoms with E-state index in [0.29, 0.717) is 30.0 Å². The molecule has 3 aromatic carbocycles. The predicted octanol–water partition coefficient (Wildman–Crippen LogP) is 5.75. The van der Waals surface area contributed by atoms with Crippen LogP contribution in [-0.4, -0.2) is 32.0 Å². The van der Waals surface area contributed by atoms with E-state index in [-0.39, 0.29) is 37.0 Å². The zero-order valence-electron chi connectivity index (χ0n) is 20.2. The van der Waals surface area contributed by atoms with Gasteiger partial charge in [0.25, 0.3) is 0 Å². The Morgan fingerprint density at radius 3 is 2.38 bits per heavy atom. The Morgan fingerprint density at radius 1 is 1.00 bits per heavy atom. The number of para-hydroxylation sites is 2. The normalized spacial score (nSPS) is 17.3. The van der Waals surface area contributed by atoms with E-state index in [4.69, 9.17) is 9.47 Å². The molecular formula is C28H27F3N2O4. The quantitative estimate of drug-likeness (QED) is 0.357. The number of hydrogen-bond acceptors (Lipinski definition) is 5. The molecule has 1 aliphatic rings. The standard InChI is InChI=1S/C28H27F3N2O4/c1-36-25-9-5-2-6-21(25)24(34)16-27(14-15-37-18-27)26(35)32-17-19-10-12-20(13-11-19)33-23-8-4-3-7-22(23)28(29,30)31/h2-13,33H,14-18H2,1H3,(H,32,35)/t27-/m0/s1. The fourth-order valence-corrected chi connectivity index (χ4v) is 4.35. The van der Waals surface area contributed by atoms with Crippen LogP contribution in [0, 0.1) is 5.41 Å². The van der Waals surface area contributed by atoms with Gasteiger partial charge in [-0.25, -0.2) is 0 Å². The second-order valence-corrected chi connectivity index (χ2v) is 8.93. The third-order valence-electron chi connectivity index (χ3n) is 6.41. The molecule has 1 heterocycles. The van der Waals surface area contributed by atoms with Crippen LogP contribution in [0.25, 0.3) is 0 Å². The summed E-state index contributed by atoms with van der Waals surface area (Å²) in [4.78, 5) is 26.3. The molecule has 4 rings (SSSR count). The molecule has 9 heteroatoms. The Morgan fingerprint density at radius 2 is 1.70 bits per heavy atom. The summed E-state index contributed by atoms with van der Waals surface area (Å²) in [6.07, 6.45) is -4.07. The minimum Gasteiger partial charge on any atom is -0.496 e.